The molecule has 0 saturated carbocycles. The van der Waals surface area contributed by atoms with Crippen LogP contribution in [0.25, 0.3) is 21.3 Å². The molecule has 5 aromatic rings. The fourth-order valence-electron chi connectivity index (χ4n) is 3.37. The van der Waals surface area contributed by atoms with Crippen LogP contribution in [0.4, 0.5) is 17.3 Å². The molecule has 0 atom stereocenters. The van der Waals surface area contributed by atoms with E-state index in [0.717, 1.165) is 27.1 Å². The number of fused-ring (bicyclic) bond motifs is 1. The lowest BCUT2D eigenvalue weighted by atomic mass is 10.1. The van der Waals surface area contributed by atoms with Crippen molar-refractivity contribution in [3.63, 3.8) is 0 Å². The highest BCUT2D eigenvalue weighted by Gasteiger charge is 2.17. The molecule has 176 valence electrons. The van der Waals surface area contributed by atoms with Gasteiger partial charge in [-0.3, -0.25) is 4.72 Å². The van der Waals surface area contributed by atoms with Gasteiger partial charge in [0.25, 0.3) is 10.0 Å². The third kappa shape index (κ3) is 4.87. The standard InChI is InChI=1S/C23H17ClN6O3S2/c1-33-16-6-2-14(3-7-16)18-12-34-23-21(18)22(25-13-26-23)27-15-4-8-17(9-5-15)35(31,32)30-20-11-10-19(24)28-29-20/h2-13H,1H3,(H,29,30)(H,25,26,27). The Kier molecular flexibility index (Phi) is 6.20. The van der Waals surface area contributed by atoms with E-state index < -0.39 is 10.0 Å². The molecule has 35 heavy (non-hydrogen) atoms. The molecule has 12 heteroatoms. The summed E-state index contributed by atoms with van der Waals surface area (Å²) >= 11 is 7.22. The number of rotatable bonds is 7. The number of anilines is 3. The van der Waals surface area contributed by atoms with Crippen LogP contribution in [-0.4, -0.2) is 35.7 Å². The van der Waals surface area contributed by atoms with Crippen LogP contribution in [0.2, 0.25) is 5.15 Å². The van der Waals surface area contributed by atoms with Crippen LogP contribution in [0, 0.1) is 0 Å². The minimum Gasteiger partial charge on any atom is -0.497 e. The molecule has 0 amide bonds. The molecule has 2 N–H and O–H groups in total. The minimum atomic E-state index is -3.85. The number of methoxy groups -OCH3 is 1. The van der Waals surface area contributed by atoms with Gasteiger partial charge in [0.1, 0.15) is 22.7 Å². The second-order valence-corrected chi connectivity index (χ2v) is 10.2. The normalized spacial score (nSPS) is 11.4. The van der Waals surface area contributed by atoms with Gasteiger partial charge in [-0.05, 0) is 54.1 Å². The van der Waals surface area contributed by atoms with Crippen molar-refractivity contribution in [3.05, 3.63) is 77.5 Å². The molecule has 0 spiro atoms. The highest BCUT2D eigenvalue weighted by molar-refractivity contribution is 7.92. The van der Waals surface area contributed by atoms with E-state index >= 15 is 0 Å². The number of hydrogen-bond donors (Lipinski definition) is 2. The van der Waals surface area contributed by atoms with Gasteiger partial charge in [-0.25, -0.2) is 18.4 Å². The van der Waals surface area contributed by atoms with Crippen molar-refractivity contribution < 1.29 is 13.2 Å². The predicted octanol–water partition coefficient (Wildman–Crippen LogP) is 5.35. The second kappa shape index (κ2) is 9.45. The van der Waals surface area contributed by atoms with Gasteiger partial charge in [-0.15, -0.1) is 21.5 Å². The lowest BCUT2D eigenvalue weighted by molar-refractivity contribution is 0.415. The van der Waals surface area contributed by atoms with Gasteiger partial charge in [0.05, 0.1) is 17.4 Å². The first-order valence-corrected chi connectivity index (χ1v) is 12.9. The molecule has 0 saturated heterocycles. The Morgan fingerprint density at radius 1 is 0.943 bits per heavy atom. The fourth-order valence-corrected chi connectivity index (χ4v) is 5.39. The van der Waals surface area contributed by atoms with Crippen molar-refractivity contribution in [1.29, 1.82) is 0 Å². The topological polar surface area (TPSA) is 119 Å². The maximum absolute atomic E-state index is 12.7. The molecule has 0 unspecified atom stereocenters. The Labute approximate surface area is 209 Å². The van der Waals surface area contributed by atoms with Gasteiger partial charge in [0.2, 0.25) is 0 Å². The van der Waals surface area contributed by atoms with Crippen molar-refractivity contribution in [2.24, 2.45) is 0 Å². The zero-order valence-electron chi connectivity index (χ0n) is 18.1. The van der Waals surface area contributed by atoms with Crippen LogP contribution < -0.4 is 14.8 Å². The lowest BCUT2D eigenvalue weighted by Gasteiger charge is -2.10. The molecule has 0 fully saturated rings. The average molecular weight is 525 g/mol. The number of halogens is 1. The first kappa shape index (κ1) is 23.0. The quantitative estimate of drug-likeness (QED) is 0.292. The number of ether oxygens (including phenoxy) is 1. The maximum Gasteiger partial charge on any atom is 0.263 e. The first-order chi connectivity index (χ1) is 16.9. The van der Waals surface area contributed by atoms with Gasteiger partial charge in [-0.2, -0.15) is 0 Å². The van der Waals surface area contributed by atoms with E-state index in [0.29, 0.717) is 11.5 Å². The maximum atomic E-state index is 12.7. The van der Waals surface area contributed by atoms with E-state index in [1.54, 1.807) is 19.2 Å². The summed E-state index contributed by atoms with van der Waals surface area (Å²) in [7, 11) is -2.22. The number of nitrogens with one attached hydrogen (secondary N) is 2. The number of aromatic nitrogens is 4. The van der Waals surface area contributed by atoms with E-state index in [1.807, 2.05) is 29.6 Å². The molecule has 0 aliphatic heterocycles. The van der Waals surface area contributed by atoms with Gasteiger partial charge in [0, 0.05) is 16.6 Å². The van der Waals surface area contributed by atoms with Gasteiger partial charge < -0.3 is 10.1 Å². The summed E-state index contributed by atoms with van der Waals surface area (Å²) in [4.78, 5) is 9.73. The van der Waals surface area contributed by atoms with Gasteiger partial charge >= 0.3 is 0 Å². The van der Waals surface area contributed by atoms with Crippen molar-refractivity contribution in [2.75, 3.05) is 17.1 Å². The van der Waals surface area contributed by atoms with Crippen LogP contribution in [0.5, 0.6) is 5.75 Å². The van der Waals surface area contributed by atoms with E-state index in [2.05, 4.69) is 30.2 Å². The van der Waals surface area contributed by atoms with Crippen LogP contribution in [0.1, 0.15) is 0 Å². The number of benzene rings is 2. The summed E-state index contributed by atoms with van der Waals surface area (Å²) in [6.45, 7) is 0. The monoisotopic (exact) mass is 524 g/mol. The SMILES string of the molecule is COc1ccc(-c2csc3ncnc(Nc4ccc(S(=O)(=O)Nc5ccc(Cl)nn5)cc4)c23)cc1. The van der Waals surface area contributed by atoms with Crippen molar-refractivity contribution in [3.8, 4) is 16.9 Å². The summed E-state index contributed by atoms with van der Waals surface area (Å²) in [5, 5.41) is 13.7. The van der Waals surface area contributed by atoms with Crippen LogP contribution in [0.3, 0.4) is 0 Å². The molecule has 2 aromatic carbocycles. The molecule has 0 bridgehead atoms. The first-order valence-electron chi connectivity index (χ1n) is 10.2. The second-order valence-electron chi connectivity index (χ2n) is 7.28. The van der Waals surface area contributed by atoms with Crippen LogP contribution in [0.15, 0.2) is 77.3 Å². The largest absolute Gasteiger partial charge is 0.497 e. The molecular weight excluding hydrogens is 508 g/mol. The van der Waals surface area contributed by atoms with Crippen molar-refractivity contribution in [1.82, 2.24) is 20.2 Å². The van der Waals surface area contributed by atoms with E-state index in [-0.39, 0.29) is 15.9 Å². The highest BCUT2D eigenvalue weighted by atomic mass is 35.5. The Morgan fingerprint density at radius 3 is 2.40 bits per heavy atom. The average Bonchev–Trinajstić information content (AvgIpc) is 3.31. The zero-order valence-corrected chi connectivity index (χ0v) is 20.5. The minimum absolute atomic E-state index is 0.0714. The van der Waals surface area contributed by atoms with Gasteiger partial charge in [-0.1, -0.05) is 23.7 Å². The highest BCUT2D eigenvalue weighted by Crippen LogP contribution is 2.38. The zero-order chi connectivity index (χ0) is 24.4. The summed E-state index contributed by atoms with van der Waals surface area (Å²) in [6.07, 6.45) is 1.49. The summed E-state index contributed by atoms with van der Waals surface area (Å²) in [5.74, 6) is 1.46. The Balaban J connectivity index is 1.41. The Morgan fingerprint density at radius 2 is 1.71 bits per heavy atom. The van der Waals surface area contributed by atoms with E-state index in [4.69, 9.17) is 16.3 Å². The van der Waals surface area contributed by atoms with Crippen LogP contribution in [-0.2, 0) is 10.0 Å². The number of thiophene rings is 1. The van der Waals surface area contributed by atoms with E-state index in [1.165, 1.54) is 41.9 Å². The Hall–Kier alpha value is -3.80. The molecule has 5 rings (SSSR count). The number of sulfonamides is 1. The summed E-state index contributed by atoms with van der Waals surface area (Å²) < 4.78 is 33.0. The third-order valence-electron chi connectivity index (χ3n) is 5.07. The lowest BCUT2D eigenvalue weighted by Crippen LogP contribution is -2.14. The number of nitrogens with zero attached hydrogens (tertiary/aromatic N) is 4. The summed E-state index contributed by atoms with van der Waals surface area (Å²) in [5.41, 5.74) is 2.66. The molecule has 3 heterocycles. The van der Waals surface area contributed by atoms with Crippen molar-refractivity contribution in [2.45, 2.75) is 4.90 Å². The molecule has 0 radical (unpaired) electrons. The Bertz CT molecular complexity index is 1590. The smallest absolute Gasteiger partial charge is 0.263 e. The third-order valence-corrected chi connectivity index (χ3v) is 7.53. The number of hydrogen-bond acceptors (Lipinski definition) is 9. The predicted molar refractivity (Wildman–Crippen MR) is 137 cm³/mol. The van der Waals surface area contributed by atoms with Gasteiger partial charge in [0.15, 0.2) is 11.0 Å². The molecule has 9 nitrogen and oxygen atoms in total. The van der Waals surface area contributed by atoms with Crippen LogP contribution >= 0.6 is 22.9 Å². The molecule has 0 aliphatic rings. The molecule has 0 aliphatic carbocycles. The van der Waals surface area contributed by atoms with Crippen molar-refractivity contribution >= 4 is 60.5 Å². The fraction of sp³-hybridized carbons (Fsp3) is 0.0435. The molecule has 3 aromatic heterocycles. The summed E-state index contributed by atoms with van der Waals surface area (Å²) in [6, 6.07) is 17.0. The molecular formula is C23H17ClN6O3S2. The van der Waals surface area contributed by atoms with E-state index in [9.17, 15) is 8.42 Å².